The standard InChI is InChI=1S/C43H62N12O7/c1-4-25(2)35-40(60)51-32(16-10-20-48-43(44)45)37(57)50-31(15-9-18-46-24-28-12-7-8-19-47-28)38(58)52-33(22-27-23-49-30-14-6-5-13-29(27)30)42(62)55-21-11-17-34(55)39(59)54-36(26(3)56)41(61)53-35/h5-8,12-14,19,23,25-26,31-36,46,49,56H,4,9-11,15-18,20-22,24H2,1-3H3,(H,50,57)(H,51,60)(H,52,58)(H,53,61)(H,54,59)(H4,44,45,48)/t25-,26+,31-,32+,33-,34+,35-,36-/m0/s1. The molecule has 6 amide bonds. The summed E-state index contributed by atoms with van der Waals surface area (Å²) in [6.45, 7) is 6.19. The number of guanidine groups is 1. The first-order valence-corrected chi connectivity index (χ1v) is 21.5. The Hall–Kier alpha value is -6.08. The van der Waals surface area contributed by atoms with E-state index < -0.39 is 83.7 Å². The lowest BCUT2D eigenvalue weighted by atomic mass is 9.96. The third-order valence-electron chi connectivity index (χ3n) is 11.5. The minimum absolute atomic E-state index is 0.0465. The summed E-state index contributed by atoms with van der Waals surface area (Å²) >= 11 is 0. The predicted octanol–water partition coefficient (Wildman–Crippen LogP) is -0.415. The second-order valence-electron chi connectivity index (χ2n) is 16.1. The number of aliphatic hydroxyl groups excluding tert-OH is 1. The monoisotopic (exact) mass is 858 g/mol. The number of carbonyl (C=O) groups is 6. The molecule has 2 aromatic heterocycles. The number of aromatic nitrogens is 2. The number of carbonyl (C=O) groups excluding carboxylic acids is 6. The number of hydrogen-bond donors (Lipinski definition) is 10. The molecule has 2 saturated heterocycles. The molecule has 4 heterocycles. The summed E-state index contributed by atoms with van der Waals surface area (Å²) in [6, 6.07) is 5.87. The molecule has 0 saturated carbocycles. The van der Waals surface area contributed by atoms with Crippen molar-refractivity contribution in [2.24, 2.45) is 22.4 Å². The van der Waals surface area contributed by atoms with Crippen LogP contribution in [0.4, 0.5) is 0 Å². The minimum atomic E-state index is -1.49. The van der Waals surface area contributed by atoms with Gasteiger partial charge in [0.05, 0.1) is 11.8 Å². The fourth-order valence-electron chi connectivity index (χ4n) is 7.82. The van der Waals surface area contributed by atoms with Crippen LogP contribution in [0.3, 0.4) is 0 Å². The molecular formula is C43H62N12O7. The number of aliphatic hydroxyl groups is 1. The first-order chi connectivity index (χ1) is 29.8. The van der Waals surface area contributed by atoms with Crippen molar-refractivity contribution in [1.82, 2.24) is 46.8 Å². The van der Waals surface area contributed by atoms with Crippen LogP contribution >= 0.6 is 0 Å². The van der Waals surface area contributed by atoms with Gasteiger partial charge < -0.3 is 58.4 Å². The van der Waals surface area contributed by atoms with Gasteiger partial charge in [0.2, 0.25) is 35.4 Å². The first kappa shape index (κ1) is 47.0. The van der Waals surface area contributed by atoms with E-state index in [1.807, 2.05) is 49.4 Å². The minimum Gasteiger partial charge on any atom is -0.391 e. The molecule has 0 unspecified atom stereocenters. The summed E-state index contributed by atoms with van der Waals surface area (Å²) in [6.07, 6.45) is 4.20. The Balaban J connectivity index is 1.52. The molecule has 19 heteroatoms. The molecule has 0 bridgehead atoms. The van der Waals surface area contributed by atoms with Crippen molar-refractivity contribution in [2.75, 3.05) is 19.6 Å². The number of nitrogens with two attached hydrogens (primary N) is 2. The van der Waals surface area contributed by atoms with Gasteiger partial charge in [-0.2, -0.15) is 0 Å². The highest BCUT2D eigenvalue weighted by Gasteiger charge is 2.41. The predicted molar refractivity (Wildman–Crippen MR) is 233 cm³/mol. The number of rotatable bonds is 15. The third kappa shape index (κ3) is 12.7. The molecule has 19 nitrogen and oxygen atoms in total. The molecule has 62 heavy (non-hydrogen) atoms. The highest BCUT2D eigenvalue weighted by atomic mass is 16.3. The summed E-state index contributed by atoms with van der Waals surface area (Å²) in [5.41, 5.74) is 13.5. The van der Waals surface area contributed by atoms with Crippen LogP contribution in [0, 0.1) is 5.92 Å². The van der Waals surface area contributed by atoms with Crippen molar-refractivity contribution in [3.63, 3.8) is 0 Å². The highest BCUT2D eigenvalue weighted by Crippen LogP contribution is 2.24. The summed E-state index contributed by atoms with van der Waals surface area (Å²) in [5.74, 6) is -4.59. The van der Waals surface area contributed by atoms with E-state index >= 15 is 0 Å². The Kier molecular flexibility index (Phi) is 17.2. The average Bonchev–Trinajstić information content (AvgIpc) is 3.92. The molecule has 2 aliphatic rings. The Morgan fingerprint density at radius 3 is 2.21 bits per heavy atom. The number of fused-ring (bicyclic) bond motifs is 2. The Bertz CT molecular complexity index is 2040. The maximum Gasteiger partial charge on any atom is 0.246 e. The molecule has 12 N–H and O–H groups in total. The zero-order valence-electron chi connectivity index (χ0n) is 35.7. The van der Waals surface area contributed by atoms with E-state index in [4.69, 9.17) is 11.5 Å². The van der Waals surface area contributed by atoms with Crippen molar-refractivity contribution in [2.45, 2.75) is 121 Å². The van der Waals surface area contributed by atoms with Gasteiger partial charge in [0.25, 0.3) is 0 Å². The topological polar surface area (TPSA) is 291 Å². The molecule has 0 spiro atoms. The molecule has 3 aromatic rings. The normalized spacial score (nSPS) is 24.1. The van der Waals surface area contributed by atoms with Crippen molar-refractivity contribution in [1.29, 1.82) is 0 Å². The van der Waals surface area contributed by atoms with Gasteiger partial charge in [-0.15, -0.1) is 0 Å². The summed E-state index contributed by atoms with van der Waals surface area (Å²) < 4.78 is 0. The third-order valence-corrected chi connectivity index (χ3v) is 11.5. The highest BCUT2D eigenvalue weighted by molar-refractivity contribution is 5.99. The molecule has 2 aliphatic heterocycles. The molecule has 1 aromatic carbocycles. The molecular weight excluding hydrogens is 797 g/mol. The molecule has 5 rings (SSSR count). The average molecular weight is 859 g/mol. The number of aromatic amines is 1. The van der Waals surface area contributed by atoms with Crippen LogP contribution in [-0.2, 0) is 41.7 Å². The van der Waals surface area contributed by atoms with Crippen LogP contribution in [0.2, 0.25) is 0 Å². The maximum atomic E-state index is 14.7. The number of aliphatic imine (C=N–C) groups is 1. The number of benzene rings is 1. The van der Waals surface area contributed by atoms with E-state index in [1.165, 1.54) is 11.8 Å². The van der Waals surface area contributed by atoms with E-state index in [2.05, 4.69) is 46.9 Å². The summed E-state index contributed by atoms with van der Waals surface area (Å²) in [5, 5.41) is 28.8. The summed E-state index contributed by atoms with van der Waals surface area (Å²) in [7, 11) is 0. The lowest BCUT2D eigenvalue weighted by Crippen LogP contribution is -2.63. The van der Waals surface area contributed by atoms with Gasteiger partial charge in [0, 0.05) is 49.4 Å². The number of hydrogen-bond acceptors (Lipinski definition) is 10. The van der Waals surface area contributed by atoms with Gasteiger partial charge in [-0.3, -0.25) is 38.7 Å². The molecule has 0 radical (unpaired) electrons. The van der Waals surface area contributed by atoms with E-state index in [1.54, 1.807) is 19.3 Å². The quantitative estimate of drug-likeness (QED) is 0.0532. The van der Waals surface area contributed by atoms with Crippen molar-refractivity contribution in [3.05, 3.63) is 66.1 Å². The van der Waals surface area contributed by atoms with Crippen LogP contribution < -0.4 is 43.4 Å². The van der Waals surface area contributed by atoms with Crippen molar-refractivity contribution >= 4 is 52.3 Å². The van der Waals surface area contributed by atoms with E-state index in [-0.39, 0.29) is 51.2 Å². The largest absolute Gasteiger partial charge is 0.391 e. The van der Waals surface area contributed by atoms with E-state index in [0.717, 1.165) is 22.2 Å². The Morgan fingerprint density at radius 2 is 1.52 bits per heavy atom. The molecule has 8 atom stereocenters. The van der Waals surface area contributed by atoms with Gasteiger partial charge in [0.15, 0.2) is 5.96 Å². The second kappa shape index (κ2) is 22.7. The maximum absolute atomic E-state index is 14.7. The lowest BCUT2D eigenvalue weighted by Gasteiger charge is -2.33. The van der Waals surface area contributed by atoms with Crippen molar-refractivity contribution < 1.29 is 33.9 Å². The van der Waals surface area contributed by atoms with E-state index in [9.17, 15) is 33.9 Å². The fourth-order valence-corrected chi connectivity index (χ4v) is 7.82. The number of para-hydroxylation sites is 1. The molecule has 2 fully saturated rings. The second-order valence-corrected chi connectivity index (χ2v) is 16.1. The van der Waals surface area contributed by atoms with Gasteiger partial charge in [-0.05, 0) is 81.7 Å². The first-order valence-electron chi connectivity index (χ1n) is 21.5. The number of H-pyrrole nitrogens is 1. The fraction of sp³-hybridized carbons (Fsp3) is 0.535. The van der Waals surface area contributed by atoms with Gasteiger partial charge >= 0.3 is 0 Å². The number of amides is 6. The van der Waals surface area contributed by atoms with Crippen LogP contribution in [-0.4, -0.2) is 123 Å². The zero-order valence-corrected chi connectivity index (χ0v) is 35.7. The number of nitrogens with one attached hydrogen (secondary N) is 7. The van der Waals surface area contributed by atoms with Gasteiger partial charge in [-0.1, -0.05) is 44.5 Å². The van der Waals surface area contributed by atoms with Crippen LogP contribution in [0.1, 0.15) is 77.0 Å². The molecule has 336 valence electrons. The van der Waals surface area contributed by atoms with Crippen LogP contribution in [0.5, 0.6) is 0 Å². The van der Waals surface area contributed by atoms with Crippen LogP contribution in [0.15, 0.2) is 59.9 Å². The summed E-state index contributed by atoms with van der Waals surface area (Å²) in [4.78, 5) is 98.5. The van der Waals surface area contributed by atoms with Crippen molar-refractivity contribution in [3.8, 4) is 0 Å². The zero-order chi connectivity index (χ0) is 44.8. The molecule has 0 aliphatic carbocycles. The van der Waals surface area contributed by atoms with E-state index in [0.29, 0.717) is 32.4 Å². The van der Waals surface area contributed by atoms with Gasteiger partial charge in [-0.25, -0.2) is 0 Å². The van der Waals surface area contributed by atoms with Crippen LogP contribution in [0.25, 0.3) is 10.9 Å². The number of pyridine rings is 1. The van der Waals surface area contributed by atoms with Gasteiger partial charge in [0.1, 0.15) is 36.3 Å². The Morgan fingerprint density at radius 1 is 0.855 bits per heavy atom. The SMILES string of the molecule is CC[C@H](C)[C@@H]1NC(=O)[C@H]([C@@H](C)O)NC(=O)[C@H]2CCCN2C(=O)[C@H](Cc2c[nH]c3ccccc23)NC(=O)[C@H](CCCNCc2ccccn2)NC(=O)[C@@H](CCCN=C(N)N)NC1=O. The Labute approximate surface area is 361 Å². The number of nitrogens with zero attached hydrogens (tertiary/aromatic N) is 3. The smallest absolute Gasteiger partial charge is 0.246 e. The lowest BCUT2D eigenvalue weighted by molar-refractivity contribution is -0.143.